The van der Waals surface area contributed by atoms with E-state index in [0.717, 1.165) is 18.1 Å². The molecule has 1 fully saturated rings. The minimum absolute atomic E-state index is 0.247. The molecule has 2 heterocycles. The molecule has 4 rings (SSSR count). The van der Waals surface area contributed by atoms with Gasteiger partial charge in [-0.3, -0.25) is 5.10 Å². The number of H-pyrrole nitrogens is 1. The Morgan fingerprint density at radius 2 is 1.90 bits per heavy atom. The lowest BCUT2D eigenvalue weighted by molar-refractivity contribution is 0.429. The second-order valence-electron chi connectivity index (χ2n) is 5.97. The first-order chi connectivity index (χ1) is 9.90. The van der Waals surface area contributed by atoms with Crippen LogP contribution in [0.5, 0.6) is 0 Å². The number of hydrogen-bond acceptors (Lipinski definition) is 3. The van der Waals surface area contributed by atoms with Crippen molar-refractivity contribution in [3.63, 3.8) is 0 Å². The smallest absolute Gasteiger partial charge is 0.153 e. The number of hydrogen-bond donors (Lipinski definition) is 2. The summed E-state index contributed by atoms with van der Waals surface area (Å²) in [6.07, 6.45) is 7.50. The lowest BCUT2D eigenvalue weighted by Gasteiger charge is -2.18. The molecule has 0 spiro atoms. The van der Waals surface area contributed by atoms with E-state index >= 15 is 0 Å². The SMILES string of the molecule is c1ccc2c(c1)C[C@@H](c1nc(C3CCCCC3)n[nH]1)N2. The molecule has 0 saturated heterocycles. The van der Waals surface area contributed by atoms with Gasteiger partial charge in [0.15, 0.2) is 5.82 Å². The summed E-state index contributed by atoms with van der Waals surface area (Å²) in [6, 6.07) is 8.73. The molecule has 1 saturated carbocycles. The fraction of sp³-hybridized carbons (Fsp3) is 0.500. The second kappa shape index (κ2) is 4.93. The van der Waals surface area contributed by atoms with Gasteiger partial charge in [-0.1, -0.05) is 37.5 Å². The molecule has 1 aromatic heterocycles. The number of aromatic amines is 1. The van der Waals surface area contributed by atoms with Crippen molar-refractivity contribution in [3.05, 3.63) is 41.5 Å². The largest absolute Gasteiger partial charge is 0.375 e. The van der Waals surface area contributed by atoms with E-state index in [0.29, 0.717) is 5.92 Å². The van der Waals surface area contributed by atoms with E-state index in [1.165, 1.54) is 43.4 Å². The maximum Gasteiger partial charge on any atom is 0.153 e. The maximum absolute atomic E-state index is 4.77. The van der Waals surface area contributed by atoms with Gasteiger partial charge in [0.25, 0.3) is 0 Å². The first kappa shape index (κ1) is 11.9. The first-order valence-corrected chi connectivity index (χ1v) is 7.67. The summed E-state index contributed by atoms with van der Waals surface area (Å²) in [7, 11) is 0. The highest BCUT2D eigenvalue weighted by Gasteiger charge is 2.26. The second-order valence-corrected chi connectivity index (χ2v) is 5.97. The minimum atomic E-state index is 0.247. The summed E-state index contributed by atoms with van der Waals surface area (Å²) in [5, 5.41) is 11.2. The third kappa shape index (κ3) is 2.09. The van der Waals surface area contributed by atoms with E-state index in [4.69, 9.17) is 4.98 Å². The highest BCUT2D eigenvalue weighted by atomic mass is 15.2. The van der Waals surface area contributed by atoms with Gasteiger partial charge in [-0.2, -0.15) is 5.10 Å². The van der Waals surface area contributed by atoms with Gasteiger partial charge in [0, 0.05) is 18.0 Å². The Hall–Kier alpha value is -1.84. The quantitative estimate of drug-likeness (QED) is 0.875. The number of para-hydroxylation sites is 1. The molecule has 0 bridgehead atoms. The molecule has 20 heavy (non-hydrogen) atoms. The topological polar surface area (TPSA) is 53.6 Å². The van der Waals surface area contributed by atoms with E-state index in [-0.39, 0.29) is 6.04 Å². The Morgan fingerprint density at radius 1 is 1.05 bits per heavy atom. The van der Waals surface area contributed by atoms with Crippen molar-refractivity contribution in [1.82, 2.24) is 15.2 Å². The van der Waals surface area contributed by atoms with Gasteiger partial charge in [-0.15, -0.1) is 0 Å². The summed E-state index contributed by atoms with van der Waals surface area (Å²) in [5.74, 6) is 2.58. The van der Waals surface area contributed by atoms with E-state index in [9.17, 15) is 0 Å². The number of rotatable bonds is 2. The minimum Gasteiger partial charge on any atom is -0.375 e. The van der Waals surface area contributed by atoms with Gasteiger partial charge in [-0.25, -0.2) is 4.98 Å². The summed E-state index contributed by atoms with van der Waals surface area (Å²) in [5.41, 5.74) is 2.60. The molecule has 0 amide bonds. The zero-order valence-electron chi connectivity index (χ0n) is 11.6. The number of fused-ring (bicyclic) bond motifs is 1. The van der Waals surface area contributed by atoms with Crippen molar-refractivity contribution in [2.45, 2.75) is 50.5 Å². The molecule has 2 N–H and O–H groups in total. The van der Waals surface area contributed by atoms with E-state index in [1.807, 2.05) is 0 Å². The van der Waals surface area contributed by atoms with Gasteiger partial charge in [0.05, 0.1) is 6.04 Å². The molecule has 104 valence electrons. The molecular formula is C16H20N4. The van der Waals surface area contributed by atoms with Gasteiger partial charge >= 0.3 is 0 Å². The van der Waals surface area contributed by atoms with Crippen LogP contribution in [-0.4, -0.2) is 15.2 Å². The van der Waals surface area contributed by atoms with Crippen LogP contribution >= 0.6 is 0 Å². The summed E-state index contributed by atoms with van der Waals surface area (Å²) < 4.78 is 0. The monoisotopic (exact) mass is 268 g/mol. The standard InChI is InChI=1S/C16H20N4/c1-2-6-11(7-3-1)15-18-16(20-19-15)14-10-12-8-4-5-9-13(12)17-14/h4-5,8-9,11,14,17H,1-3,6-7,10H2,(H,18,19,20)/t14-/m0/s1. The van der Waals surface area contributed by atoms with Crippen LogP contribution in [0.15, 0.2) is 24.3 Å². The third-order valence-corrected chi connectivity index (χ3v) is 4.59. The number of nitrogens with zero attached hydrogens (tertiary/aromatic N) is 2. The number of aromatic nitrogens is 3. The molecule has 1 aliphatic heterocycles. The Morgan fingerprint density at radius 3 is 2.75 bits per heavy atom. The lowest BCUT2D eigenvalue weighted by Crippen LogP contribution is -2.09. The highest BCUT2D eigenvalue weighted by molar-refractivity contribution is 5.57. The Labute approximate surface area is 119 Å². The van der Waals surface area contributed by atoms with Crippen LogP contribution in [0.4, 0.5) is 5.69 Å². The number of nitrogens with one attached hydrogen (secondary N) is 2. The van der Waals surface area contributed by atoms with Crippen LogP contribution in [0.25, 0.3) is 0 Å². The molecule has 1 atom stereocenters. The molecule has 0 radical (unpaired) electrons. The van der Waals surface area contributed by atoms with Gasteiger partial charge < -0.3 is 5.32 Å². The molecule has 2 aromatic rings. The molecule has 4 heteroatoms. The summed E-state index contributed by atoms with van der Waals surface area (Å²) in [6.45, 7) is 0. The Balaban J connectivity index is 1.52. The predicted octanol–water partition coefficient (Wildman–Crippen LogP) is 3.56. The predicted molar refractivity (Wildman–Crippen MR) is 78.7 cm³/mol. The van der Waals surface area contributed by atoms with Crippen molar-refractivity contribution < 1.29 is 0 Å². The zero-order chi connectivity index (χ0) is 13.4. The van der Waals surface area contributed by atoms with Gasteiger partial charge in [0.1, 0.15) is 5.82 Å². The number of benzene rings is 1. The van der Waals surface area contributed by atoms with Crippen LogP contribution in [-0.2, 0) is 6.42 Å². The van der Waals surface area contributed by atoms with Crippen LogP contribution < -0.4 is 5.32 Å². The third-order valence-electron chi connectivity index (χ3n) is 4.59. The van der Waals surface area contributed by atoms with Crippen molar-refractivity contribution in [2.75, 3.05) is 5.32 Å². The lowest BCUT2D eigenvalue weighted by atomic mass is 9.89. The number of anilines is 1. The molecule has 2 aliphatic rings. The van der Waals surface area contributed by atoms with E-state index in [1.54, 1.807) is 0 Å². The van der Waals surface area contributed by atoms with Crippen molar-refractivity contribution in [1.29, 1.82) is 0 Å². The maximum atomic E-state index is 4.77. The molecule has 1 aliphatic carbocycles. The van der Waals surface area contributed by atoms with Crippen molar-refractivity contribution in [3.8, 4) is 0 Å². The molecule has 4 nitrogen and oxygen atoms in total. The van der Waals surface area contributed by atoms with E-state index in [2.05, 4.69) is 39.8 Å². The molecule has 1 aromatic carbocycles. The van der Waals surface area contributed by atoms with Crippen LogP contribution in [0.3, 0.4) is 0 Å². The fourth-order valence-corrected chi connectivity index (χ4v) is 3.45. The van der Waals surface area contributed by atoms with Crippen LogP contribution in [0, 0.1) is 0 Å². The fourth-order valence-electron chi connectivity index (χ4n) is 3.45. The zero-order valence-corrected chi connectivity index (χ0v) is 11.6. The van der Waals surface area contributed by atoms with Gasteiger partial charge in [-0.05, 0) is 24.5 Å². The van der Waals surface area contributed by atoms with Crippen LogP contribution in [0.1, 0.15) is 61.3 Å². The van der Waals surface area contributed by atoms with Gasteiger partial charge in [0.2, 0.25) is 0 Å². The average molecular weight is 268 g/mol. The molecule has 0 unspecified atom stereocenters. The highest BCUT2D eigenvalue weighted by Crippen LogP contribution is 2.34. The Kier molecular flexibility index (Phi) is 2.94. The van der Waals surface area contributed by atoms with Crippen molar-refractivity contribution in [2.24, 2.45) is 0 Å². The van der Waals surface area contributed by atoms with Crippen molar-refractivity contribution >= 4 is 5.69 Å². The Bertz CT molecular complexity index is 573. The normalized spacial score (nSPS) is 22.5. The summed E-state index contributed by atoms with van der Waals surface area (Å²) in [4.78, 5) is 4.77. The van der Waals surface area contributed by atoms with E-state index < -0.39 is 0 Å². The van der Waals surface area contributed by atoms with Crippen LogP contribution in [0.2, 0.25) is 0 Å². The summed E-state index contributed by atoms with van der Waals surface area (Å²) >= 11 is 0. The average Bonchev–Trinajstić information content (AvgIpc) is 3.14. The first-order valence-electron chi connectivity index (χ1n) is 7.67. The molecular weight excluding hydrogens is 248 g/mol.